The van der Waals surface area contributed by atoms with E-state index in [1.54, 1.807) is 0 Å². The van der Waals surface area contributed by atoms with Gasteiger partial charge in [0, 0.05) is 0 Å². The zero-order valence-electron chi connectivity index (χ0n) is 4.88. The summed E-state index contributed by atoms with van der Waals surface area (Å²) in [6.07, 6.45) is -1.75. The molecule has 5 N–H and O–H groups in total. The van der Waals surface area contributed by atoms with Gasteiger partial charge in [-0.25, -0.2) is 0 Å². The standard InChI is InChI=1S/C3H7BO6/c5-1-2(6)3(7)10-4(8)9/h1,3,5-9H. The van der Waals surface area contributed by atoms with Gasteiger partial charge >= 0.3 is 7.32 Å². The van der Waals surface area contributed by atoms with Crippen molar-refractivity contribution in [2.75, 3.05) is 0 Å². The van der Waals surface area contributed by atoms with Crippen molar-refractivity contribution in [1.29, 1.82) is 0 Å². The van der Waals surface area contributed by atoms with Crippen LogP contribution in [-0.2, 0) is 4.65 Å². The summed E-state index contributed by atoms with van der Waals surface area (Å²) in [5, 5.41) is 40.9. The minimum Gasteiger partial charge on any atom is -0.512 e. The second-order valence-corrected chi connectivity index (χ2v) is 1.37. The van der Waals surface area contributed by atoms with E-state index in [1.165, 1.54) is 0 Å². The molecule has 58 valence electrons. The molecule has 0 rings (SSSR count). The molecule has 6 nitrogen and oxygen atoms in total. The SMILES string of the molecule is OC=C(O)C(O)OB(O)O. The van der Waals surface area contributed by atoms with Crippen LogP contribution >= 0.6 is 0 Å². The quantitative estimate of drug-likeness (QED) is 0.185. The fraction of sp³-hybridized carbons (Fsp3) is 0.333. The smallest absolute Gasteiger partial charge is 0.512 e. The predicted octanol–water partition coefficient (Wildman–Crippen LogP) is -1.75. The van der Waals surface area contributed by atoms with Crippen molar-refractivity contribution in [2.45, 2.75) is 6.29 Å². The Morgan fingerprint density at radius 2 is 2.00 bits per heavy atom. The first-order chi connectivity index (χ1) is 4.57. The summed E-state index contributed by atoms with van der Waals surface area (Å²) in [4.78, 5) is 0. The molecular formula is C3H7BO6. The molecule has 0 radical (unpaired) electrons. The van der Waals surface area contributed by atoms with Crippen molar-refractivity contribution >= 4 is 7.32 Å². The van der Waals surface area contributed by atoms with Gasteiger partial charge in [-0.2, -0.15) is 0 Å². The van der Waals surface area contributed by atoms with E-state index >= 15 is 0 Å². The normalized spacial score (nSPS) is 14.9. The first-order valence-electron chi connectivity index (χ1n) is 2.31. The Kier molecular flexibility index (Phi) is 3.81. The average Bonchev–Trinajstić information content (AvgIpc) is 1.85. The van der Waals surface area contributed by atoms with Crippen LogP contribution in [0.1, 0.15) is 0 Å². The molecule has 0 aliphatic carbocycles. The number of hydrogen-bond acceptors (Lipinski definition) is 6. The van der Waals surface area contributed by atoms with E-state index in [0.717, 1.165) is 0 Å². The maximum absolute atomic E-state index is 8.47. The Hall–Kier alpha value is -0.755. The summed E-state index contributed by atoms with van der Waals surface area (Å²) in [5.41, 5.74) is 0. The lowest BCUT2D eigenvalue weighted by Gasteiger charge is -2.08. The van der Waals surface area contributed by atoms with E-state index < -0.39 is 19.4 Å². The third kappa shape index (κ3) is 3.31. The molecule has 7 heteroatoms. The molecule has 0 saturated carbocycles. The summed E-state index contributed by atoms with van der Waals surface area (Å²) < 4.78 is 3.79. The van der Waals surface area contributed by atoms with E-state index in [2.05, 4.69) is 4.65 Å². The van der Waals surface area contributed by atoms with Gasteiger partial charge in [-0.3, -0.25) is 0 Å². The topological polar surface area (TPSA) is 110 Å². The molecule has 10 heavy (non-hydrogen) atoms. The molecule has 0 heterocycles. The van der Waals surface area contributed by atoms with Crippen LogP contribution in [0.2, 0.25) is 0 Å². The molecule has 1 unspecified atom stereocenters. The van der Waals surface area contributed by atoms with Gasteiger partial charge in [0.05, 0.1) is 0 Å². The van der Waals surface area contributed by atoms with Crippen LogP contribution in [0.15, 0.2) is 12.0 Å². The highest BCUT2D eigenvalue weighted by molar-refractivity contribution is 6.32. The van der Waals surface area contributed by atoms with E-state index in [0.29, 0.717) is 0 Å². The van der Waals surface area contributed by atoms with Crippen molar-refractivity contribution in [3.8, 4) is 0 Å². The van der Waals surface area contributed by atoms with E-state index in [9.17, 15) is 0 Å². The van der Waals surface area contributed by atoms with Crippen molar-refractivity contribution < 1.29 is 30.0 Å². The van der Waals surface area contributed by atoms with Gasteiger partial charge in [0.25, 0.3) is 0 Å². The van der Waals surface area contributed by atoms with Gasteiger partial charge in [0.2, 0.25) is 6.29 Å². The molecule has 0 aromatic rings. The van der Waals surface area contributed by atoms with Crippen LogP contribution in [0, 0.1) is 0 Å². The summed E-state index contributed by atoms with van der Waals surface area (Å²) in [6, 6.07) is 0. The highest BCUT2D eigenvalue weighted by Crippen LogP contribution is 1.97. The minimum atomic E-state index is -2.20. The van der Waals surface area contributed by atoms with Gasteiger partial charge in [0.1, 0.15) is 6.26 Å². The molecule has 0 aliphatic heterocycles. The molecule has 0 aromatic carbocycles. The Balaban J connectivity index is 3.73. The molecule has 0 aliphatic rings. The maximum Gasteiger partial charge on any atom is 0.636 e. The lowest BCUT2D eigenvalue weighted by Crippen LogP contribution is -2.26. The fourth-order valence-corrected chi connectivity index (χ4v) is 0.249. The molecule has 1 atom stereocenters. The van der Waals surface area contributed by atoms with Gasteiger partial charge in [-0.1, -0.05) is 0 Å². The van der Waals surface area contributed by atoms with Crippen LogP contribution < -0.4 is 0 Å². The monoisotopic (exact) mass is 150 g/mol. The summed E-state index contributed by atoms with van der Waals surface area (Å²) in [7, 11) is -2.20. The number of rotatable bonds is 3. The summed E-state index contributed by atoms with van der Waals surface area (Å²) in [5.74, 6) is -0.909. The van der Waals surface area contributed by atoms with Crippen LogP contribution in [0.4, 0.5) is 0 Å². The van der Waals surface area contributed by atoms with Gasteiger partial charge in [-0.05, 0) is 0 Å². The Labute approximate surface area is 56.8 Å². The second kappa shape index (κ2) is 4.12. The van der Waals surface area contributed by atoms with E-state index in [1.807, 2.05) is 0 Å². The second-order valence-electron chi connectivity index (χ2n) is 1.37. The van der Waals surface area contributed by atoms with Gasteiger partial charge in [0.15, 0.2) is 5.76 Å². The molecule has 0 spiro atoms. The molecule has 0 saturated heterocycles. The van der Waals surface area contributed by atoms with E-state index in [4.69, 9.17) is 25.4 Å². The minimum absolute atomic E-state index is 0.174. The molecular weight excluding hydrogens is 143 g/mol. The first-order valence-corrected chi connectivity index (χ1v) is 2.31. The van der Waals surface area contributed by atoms with Crippen LogP contribution in [0.25, 0.3) is 0 Å². The number of hydrogen-bond donors (Lipinski definition) is 5. The van der Waals surface area contributed by atoms with Crippen molar-refractivity contribution in [3.05, 3.63) is 12.0 Å². The predicted molar refractivity (Wildman–Crippen MR) is 30.6 cm³/mol. The third-order valence-corrected chi connectivity index (χ3v) is 0.636. The maximum atomic E-state index is 8.47. The van der Waals surface area contributed by atoms with Crippen molar-refractivity contribution in [3.63, 3.8) is 0 Å². The van der Waals surface area contributed by atoms with E-state index in [-0.39, 0.29) is 6.26 Å². The summed E-state index contributed by atoms with van der Waals surface area (Å²) in [6.45, 7) is 0. The molecule has 0 fully saturated rings. The lowest BCUT2D eigenvalue weighted by molar-refractivity contribution is -0.0469. The summed E-state index contributed by atoms with van der Waals surface area (Å²) >= 11 is 0. The Morgan fingerprint density at radius 3 is 2.30 bits per heavy atom. The highest BCUT2D eigenvalue weighted by Gasteiger charge is 2.18. The Bertz CT molecular complexity index is 122. The average molecular weight is 150 g/mol. The van der Waals surface area contributed by atoms with Crippen molar-refractivity contribution in [2.24, 2.45) is 0 Å². The molecule has 0 aromatic heterocycles. The van der Waals surface area contributed by atoms with Crippen LogP contribution in [0.3, 0.4) is 0 Å². The van der Waals surface area contributed by atoms with Crippen molar-refractivity contribution in [1.82, 2.24) is 0 Å². The third-order valence-electron chi connectivity index (χ3n) is 0.636. The van der Waals surface area contributed by atoms with Gasteiger partial charge in [-0.15, -0.1) is 0 Å². The number of aliphatic hydroxyl groups is 3. The zero-order chi connectivity index (χ0) is 8.15. The molecule has 0 amide bonds. The zero-order valence-corrected chi connectivity index (χ0v) is 4.88. The highest BCUT2D eigenvalue weighted by atomic mass is 16.7. The number of aliphatic hydroxyl groups excluding tert-OH is 3. The Morgan fingerprint density at radius 1 is 1.50 bits per heavy atom. The fourth-order valence-electron chi connectivity index (χ4n) is 0.249. The lowest BCUT2D eigenvalue weighted by atomic mass is 10.2. The van der Waals surface area contributed by atoms with Crippen LogP contribution in [0.5, 0.6) is 0 Å². The largest absolute Gasteiger partial charge is 0.636 e. The van der Waals surface area contributed by atoms with Gasteiger partial charge < -0.3 is 30.0 Å². The molecule has 0 bridgehead atoms. The van der Waals surface area contributed by atoms with Crippen LogP contribution in [-0.4, -0.2) is 39.0 Å². The first kappa shape index (κ1) is 9.24.